The van der Waals surface area contributed by atoms with Gasteiger partial charge in [0.15, 0.2) is 0 Å². The summed E-state index contributed by atoms with van der Waals surface area (Å²) in [4.78, 5) is 0.338. The van der Waals surface area contributed by atoms with E-state index >= 15 is 0 Å². The smallest absolute Gasteiger partial charge is 0.211 e. The fraction of sp³-hybridized carbons (Fsp3) is 0.375. The summed E-state index contributed by atoms with van der Waals surface area (Å²) in [7, 11) is -3.51. The summed E-state index contributed by atoms with van der Waals surface area (Å²) < 4.78 is 27.8. The maximum atomic E-state index is 12.6. The molecular weight excluding hydrogens is 306 g/mol. The van der Waals surface area contributed by atoms with Crippen LogP contribution in [-0.2, 0) is 10.0 Å². The molecule has 112 valence electrons. The average molecular weight is 324 g/mol. The molecule has 0 saturated heterocycles. The predicted octanol–water partition coefficient (Wildman–Crippen LogP) is 3.53. The quantitative estimate of drug-likeness (QED) is 0.875. The Labute approximate surface area is 130 Å². The summed E-state index contributed by atoms with van der Waals surface area (Å²) in [6, 6.07) is 12.9. The lowest BCUT2D eigenvalue weighted by Crippen LogP contribution is -2.31. The highest BCUT2D eigenvalue weighted by molar-refractivity contribution is 7.89. The molecule has 0 bridgehead atoms. The van der Waals surface area contributed by atoms with Crippen LogP contribution in [0, 0.1) is 5.92 Å². The number of rotatable bonds is 4. The van der Waals surface area contributed by atoms with E-state index in [4.69, 9.17) is 11.6 Å². The molecule has 0 spiro atoms. The van der Waals surface area contributed by atoms with Gasteiger partial charge in [-0.25, -0.2) is 13.1 Å². The fourth-order valence-electron chi connectivity index (χ4n) is 2.95. The molecular formula is C16H18ClNO2S. The van der Waals surface area contributed by atoms with Gasteiger partial charge in [0.1, 0.15) is 0 Å². The zero-order chi connectivity index (χ0) is 14.9. The van der Waals surface area contributed by atoms with Gasteiger partial charge < -0.3 is 0 Å². The maximum absolute atomic E-state index is 12.6. The maximum Gasteiger partial charge on any atom is 0.241 e. The van der Waals surface area contributed by atoms with Crippen molar-refractivity contribution in [2.45, 2.75) is 29.5 Å². The lowest BCUT2D eigenvalue weighted by molar-refractivity contribution is 0.524. The van der Waals surface area contributed by atoms with Crippen LogP contribution in [0.4, 0.5) is 0 Å². The number of hydrogen-bond acceptors (Lipinski definition) is 2. The van der Waals surface area contributed by atoms with Crippen LogP contribution < -0.4 is 4.72 Å². The Morgan fingerprint density at radius 3 is 2.62 bits per heavy atom. The summed E-state index contributed by atoms with van der Waals surface area (Å²) in [6.45, 7) is 0.416. The third kappa shape index (κ3) is 3.07. The first kappa shape index (κ1) is 14.8. The van der Waals surface area contributed by atoms with E-state index in [1.165, 1.54) is 0 Å². The molecule has 1 saturated carbocycles. The third-order valence-corrected chi connectivity index (χ3v) is 6.20. The van der Waals surface area contributed by atoms with Crippen LogP contribution in [0.15, 0.2) is 47.4 Å². The molecule has 1 fully saturated rings. The summed E-state index contributed by atoms with van der Waals surface area (Å²) in [5.74, 6) is 0.233. The first-order valence-electron chi connectivity index (χ1n) is 7.19. The highest BCUT2D eigenvalue weighted by Gasteiger charge is 2.27. The summed E-state index contributed by atoms with van der Waals surface area (Å²) >= 11 is 6.21. The van der Waals surface area contributed by atoms with Crippen molar-refractivity contribution in [1.82, 2.24) is 4.72 Å². The summed E-state index contributed by atoms with van der Waals surface area (Å²) in [6.07, 6.45) is 3.04. The molecule has 0 amide bonds. The predicted molar refractivity (Wildman–Crippen MR) is 86.1 cm³/mol. The monoisotopic (exact) mass is 323 g/mol. The molecule has 1 aliphatic carbocycles. The van der Waals surface area contributed by atoms with E-state index in [0.29, 0.717) is 11.4 Å². The second-order valence-electron chi connectivity index (χ2n) is 5.54. The summed E-state index contributed by atoms with van der Waals surface area (Å²) in [5, 5.41) is 1.76. The molecule has 0 aliphatic heterocycles. The first-order chi connectivity index (χ1) is 10.1. The molecule has 2 aromatic rings. The zero-order valence-electron chi connectivity index (χ0n) is 11.6. The van der Waals surface area contributed by atoms with Crippen LogP contribution in [0.25, 0.3) is 10.8 Å². The SMILES string of the molecule is O=S(=O)(NCC1CCCC1Cl)c1cccc2ccccc12. The zero-order valence-corrected chi connectivity index (χ0v) is 13.2. The largest absolute Gasteiger partial charge is 0.241 e. The molecule has 0 aromatic heterocycles. The molecule has 3 rings (SSSR count). The van der Waals surface area contributed by atoms with Crippen LogP contribution >= 0.6 is 11.6 Å². The van der Waals surface area contributed by atoms with E-state index < -0.39 is 10.0 Å². The number of benzene rings is 2. The fourth-order valence-corrected chi connectivity index (χ4v) is 4.64. The van der Waals surface area contributed by atoms with Gasteiger partial charge in [-0.1, -0.05) is 42.8 Å². The van der Waals surface area contributed by atoms with E-state index in [9.17, 15) is 8.42 Å². The van der Waals surface area contributed by atoms with Crippen molar-refractivity contribution in [1.29, 1.82) is 0 Å². The second-order valence-corrected chi connectivity index (χ2v) is 7.83. The van der Waals surface area contributed by atoms with Gasteiger partial charge in [0.05, 0.1) is 4.90 Å². The molecule has 3 nitrogen and oxygen atoms in total. The van der Waals surface area contributed by atoms with Crippen molar-refractivity contribution in [3.63, 3.8) is 0 Å². The van der Waals surface area contributed by atoms with Crippen molar-refractivity contribution >= 4 is 32.4 Å². The van der Waals surface area contributed by atoms with Gasteiger partial charge in [-0.2, -0.15) is 0 Å². The minimum atomic E-state index is -3.51. The van der Waals surface area contributed by atoms with Gasteiger partial charge in [-0.15, -0.1) is 11.6 Å². The number of hydrogen-bond donors (Lipinski definition) is 1. The van der Waals surface area contributed by atoms with E-state index in [0.717, 1.165) is 30.0 Å². The van der Waals surface area contributed by atoms with Gasteiger partial charge in [-0.05, 0) is 30.2 Å². The second kappa shape index (κ2) is 5.95. The molecule has 1 aliphatic rings. The van der Waals surface area contributed by atoms with Crippen molar-refractivity contribution < 1.29 is 8.42 Å². The summed E-state index contributed by atoms with van der Waals surface area (Å²) in [5.41, 5.74) is 0. The standard InChI is InChI=1S/C16H18ClNO2S/c17-15-9-3-7-13(15)11-18-21(19,20)16-10-4-6-12-5-1-2-8-14(12)16/h1-2,4-6,8,10,13,15,18H,3,7,9,11H2. The molecule has 2 atom stereocenters. The van der Waals surface area contributed by atoms with Crippen molar-refractivity contribution in [3.8, 4) is 0 Å². The van der Waals surface area contributed by atoms with E-state index in [2.05, 4.69) is 4.72 Å². The van der Waals surface area contributed by atoms with Crippen molar-refractivity contribution in [3.05, 3.63) is 42.5 Å². The van der Waals surface area contributed by atoms with Gasteiger partial charge in [0, 0.05) is 17.3 Å². The molecule has 21 heavy (non-hydrogen) atoms. The molecule has 2 unspecified atom stereocenters. The Balaban J connectivity index is 1.86. The third-order valence-electron chi connectivity index (χ3n) is 4.14. The van der Waals surface area contributed by atoms with E-state index in [1.54, 1.807) is 12.1 Å². The van der Waals surface area contributed by atoms with E-state index in [1.807, 2.05) is 30.3 Å². The van der Waals surface area contributed by atoms with Gasteiger partial charge in [0.25, 0.3) is 0 Å². The lowest BCUT2D eigenvalue weighted by Gasteiger charge is -2.15. The minimum Gasteiger partial charge on any atom is -0.211 e. The van der Waals surface area contributed by atoms with Gasteiger partial charge in [-0.3, -0.25) is 0 Å². The Kier molecular flexibility index (Phi) is 4.20. The minimum absolute atomic E-state index is 0.0835. The lowest BCUT2D eigenvalue weighted by atomic mass is 10.1. The number of nitrogens with one attached hydrogen (secondary N) is 1. The van der Waals surface area contributed by atoms with E-state index in [-0.39, 0.29) is 11.3 Å². The molecule has 1 N–H and O–H groups in total. The molecule has 2 aromatic carbocycles. The average Bonchev–Trinajstić information content (AvgIpc) is 2.90. The topological polar surface area (TPSA) is 46.2 Å². The van der Waals surface area contributed by atoms with Gasteiger partial charge in [0.2, 0.25) is 10.0 Å². The molecule has 0 heterocycles. The Morgan fingerprint density at radius 1 is 1.10 bits per heavy atom. The normalized spacial score (nSPS) is 22.7. The number of alkyl halides is 1. The van der Waals surface area contributed by atoms with Crippen molar-refractivity contribution in [2.75, 3.05) is 6.54 Å². The van der Waals surface area contributed by atoms with Crippen LogP contribution in [0.3, 0.4) is 0 Å². The highest BCUT2D eigenvalue weighted by Crippen LogP contribution is 2.30. The Bertz CT molecular complexity index is 740. The number of halogens is 1. The molecule has 0 radical (unpaired) electrons. The first-order valence-corrected chi connectivity index (χ1v) is 9.11. The Morgan fingerprint density at radius 2 is 1.86 bits per heavy atom. The Hall–Kier alpha value is -1.10. The van der Waals surface area contributed by atoms with Crippen LogP contribution in [0.5, 0.6) is 0 Å². The van der Waals surface area contributed by atoms with Crippen LogP contribution in [-0.4, -0.2) is 20.3 Å². The van der Waals surface area contributed by atoms with Crippen LogP contribution in [0.1, 0.15) is 19.3 Å². The molecule has 5 heteroatoms. The van der Waals surface area contributed by atoms with Crippen LogP contribution in [0.2, 0.25) is 0 Å². The highest BCUT2D eigenvalue weighted by atomic mass is 35.5. The number of sulfonamides is 1. The van der Waals surface area contributed by atoms with Crippen molar-refractivity contribution in [2.24, 2.45) is 5.92 Å². The number of fused-ring (bicyclic) bond motifs is 1. The van der Waals surface area contributed by atoms with Gasteiger partial charge >= 0.3 is 0 Å².